The summed E-state index contributed by atoms with van der Waals surface area (Å²) in [6.07, 6.45) is 1.96. The molecule has 1 fully saturated rings. The molecule has 0 aromatic carbocycles. The molecule has 1 saturated heterocycles. The monoisotopic (exact) mass is 181 g/mol. The molecule has 1 atom stereocenters. The molecule has 1 aromatic rings. The summed E-state index contributed by atoms with van der Waals surface area (Å²) in [5.41, 5.74) is 0.724. The van der Waals surface area contributed by atoms with Crippen LogP contribution in [-0.4, -0.2) is 33.5 Å². The quantitative estimate of drug-likeness (QED) is 0.604. The number of epoxide rings is 1. The lowest BCUT2D eigenvalue weighted by Gasteiger charge is -1.90. The summed E-state index contributed by atoms with van der Waals surface area (Å²) in [6, 6.07) is 0. The Morgan fingerprint density at radius 3 is 3.15 bits per heavy atom. The van der Waals surface area contributed by atoms with Crippen LogP contribution in [0.5, 0.6) is 0 Å². The van der Waals surface area contributed by atoms with Gasteiger partial charge in [-0.15, -0.1) is 5.10 Å². The molecule has 0 bridgehead atoms. The molecule has 0 radical (unpaired) electrons. The fraction of sp³-hybridized carbons (Fsp3) is 0.625. The smallest absolute Gasteiger partial charge is 0.169 e. The van der Waals surface area contributed by atoms with E-state index in [4.69, 9.17) is 4.74 Å². The van der Waals surface area contributed by atoms with Crippen molar-refractivity contribution >= 4 is 5.78 Å². The average Bonchev–Trinajstić information content (AvgIpc) is 2.88. The molecule has 70 valence electrons. The van der Waals surface area contributed by atoms with Crippen LogP contribution in [0.25, 0.3) is 0 Å². The lowest BCUT2D eigenvalue weighted by Crippen LogP contribution is -2.10. The molecule has 13 heavy (non-hydrogen) atoms. The van der Waals surface area contributed by atoms with E-state index in [9.17, 15) is 4.79 Å². The molecule has 1 aliphatic rings. The van der Waals surface area contributed by atoms with Crippen LogP contribution in [0, 0.1) is 0 Å². The topological polar surface area (TPSA) is 60.3 Å². The largest absolute Gasteiger partial charge is 0.365 e. The molecule has 0 N–H and O–H groups in total. The fourth-order valence-corrected chi connectivity index (χ4v) is 1.10. The van der Waals surface area contributed by atoms with Crippen molar-refractivity contribution < 1.29 is 9.53 Å². The highest BCUT2D eigenvalue weighted by Gasteiger charge is 2.31. The van der Waals surface area contributed by atoms with Crippen LogP contribution in [0.1, 0.15) is 12.6 Å². The van der Waals surface area contributed by atoms with Gasteiger partial charge in [-0.2, -0.15) is 0 Å². The first-order valence-corrected chi connectivity index (χ1v) is 4.33. The Hall–Kier alpha value is -1.23. The van der Waals surface area contributed by atoms with Crippen LogP contribution in [-0.2, 0) is 22.5 Å². The van der Waals surface area contributed by atoms with Gasteiger partial charge in [0.2, 0.25) is 0 Å². The van der Waals surface area contributed by atoms with Gasteiger partial charge in [0.25, 0.3) is 0 Å². The van der Waals surface area contributed by atoms with Crippen molar-refractivity contribution in [2.24, 2.45) is 0 Å². The van der Waals surface area contributed by atoms with Gasteiger partial charge in [0.1, 0.15) is 6.10 Å². The third kappa shape index (κ3) is 1.92. The molecular weight excluding hydrogens is 170 g/mol. The zero-order chi connectivity index (χ0) is 9.26. The third-order valence-corrected chi connectivity index (χ3v) is 1.96. The van der Waals surface area contributed by atoms with Gasteiger partial charge in [0, 0.05) is 12.7 Å². The number of carbonyl (C=O) groups is 1. The third-order valence-electron chi connectivity index (χ3n) is 1.96. The average molecular weight is 181 g/mol. The summed E-state index contributed by atoms with van der Waals surface area (Å²) in [4.78, 5) is 11.3. The second-order valence-corrected chi connectivity index (χ2v) is 3.03. The summed E-state index contributed by atoms with van der Waals surface area (Å²) in [5.74, 6) is 0.100. The fourth-order valence-electron chi connectivity index (χ4n) is 1.10. The maximum Gasteiger partial charge on any atom is 0.169 e. The Morgan fingerprint density at radius 1 is 1.85 bits per heavy atom. The molecule has 0 spiro atoms. The minimum atomic E-state index is -0.174. The number of hydrogen-bond acceptors (Lipinski definition) is 4. The highest BCUT2D eigenvalue weighted by atomic mass is 16.6. The normalized spacial score (nSPS) is 20.2. The first-order chi connectivity index (χ1) is 6.29. The number of ketones is 1. The van der Waals surface area contributed by atoms with Crippen LogP contribution in [0.2, 0.25) is 0 Å². The van der Waals surface area contributed by atoms with Crippen molar-refractivity contribution in [2.75, 3.05) is 6.61 Å². The van der Waals surface area contributed by atoms with Crippen molar-refractivity contribution in [1.82, 2.24) is 15.0 Å². The van der Waals surface area contributed by atoms with Gasteiger partial charge >= 0.3 is 0 Å². The van der Waals surface area contributed by atoms with Crippen LogP contribution in [0.15, 0.2) is 6.20 Å². The number of aryl methyl sites for hydroxylation is 1. The molecule has 2 heterocycles. The molecule has 1 aliphatic heterocycles. The van der Waals surface area contributed by atoms with Crippen molar-refractivity contribution in [3.8, 4) is 0 Å². The van der Waals surface area contributed by atoms with E-state index in [1.54, 1.807) is 10.9 Å². The van der Waals surface area contributed by atoms with E-state index in [-0.39, 0.29) is 11.9 Å². The highest BCUT2D eigenvalue weighted by Crippen LogP contribution is 2.12. The first-order valence-electron chi connectivity index (χ1n) is 4.33. The zero-order valence-corrected chi connectivity index (χ0v) is 7.43. The van der Waals surface area contributed by atoms with Crippen LogP contribution in [0.3, 0.4) is 0 Å². The molecular formula is C8H11N3O2. The maximum absolute atomic E-state index is 11.3. The van der Waals surface area contributed by atoms with Crippen LogP contribution < -0.4 is 0 Å². The number of Topliss-reactive ketones (excluding diaryl/α,β-unsaturated/α-hetero) is 1. The Kier molecular flexibility index (Phi) is 2.10. The predicted molar refractivity (Wildman–Crippen MR) is 44.1 cm³/mol. The molecule has 2 rings (SSSR count). The summed E-state index contributed by atoms with van der Waals surface area (Å²) in [7, 11) is 0. The second-order valence-electron chi connectivity index (χ2n) is 3.03. The van der Waals surface area contributed by atoms with E-state index in [0.29, 0.717) is 13.0 Å². The van der Waals surface area contributed by atoms with Crippen molar-refractivity contribution in [3.63, 3.8) is 0 Å². The van der Waals surface area contributed by atoms with E-state index < -0.39 is 0 Å². The summed E-state index contributed by atoms with van der Waals surface area (Å²) >= 11 is 0. The lowest BCUT2D eigenvalue weighted by molar-refractivity contribution is -0.119. The van der Waals surface area contributed by atoms with Crippen LogP contribution in [0.4, 0.5) is 0 Å². The van der Waals surface area contributed by atoms with Gasteiger partial charge in [-0.05, 0) is 6.92 Å². The van der Waals surface area contributed by atoms with Gasteiger partial charge in [0.05, 0.1) is 18.7 Å². The molecule has 0 saturated carbocycles. The molecule has 1 aromatic heterocycles. The summed E-state index contributed by atoms with van der Waals surface area (Å²) in [6.45, 7) is 3.33. The number of aromatic nitrogens is 3. The number of nitrogens with zero attached hydrogens (tertiary/aromatic N) is 3. The van der Waals surface area contributed by atoms with Crippen molar-refractivity contribution in [3.05, 3.63) is 11.9 Å². The molecule has 0 aliphatic carbocycles. The number of hydrogen-bond donors (Lipinski definition) is 0. The maximum atomic E-state index is 11.3. The van der Waals surface area contributed by atoms with Crippen molar-refractivity contribution in [1.29, 1.82) is 0 Å². The van der Waals surface area contributed by atoms with Gasteiger partial charge in [-0.1, -0.05) is 5.21 Å². The first kappa shape index (κ1) is 8.37. The molecule has 5 heteroatoms. The number of ether oxygens (including phenoxy) is 1. The number of rotatable bonds is 4. The number of carbonyl (C=O) groups excluding carboxylic acids is 1. The second kappa shape index (κ2) is 3.26. The summed E-state index contributed by atoms with van der Waals surface area (Å²) in [5, 5.41) is 7.71. The van der Waals surface area contributed by atoms with Gasteiger partial charge in [-0.25, -0.2) is 0 Å². The molecule has 1 unspecified atom stereocenters. The van der Waals surface area contributed by atoms with E-state index in [1.807, 2.05) is 6.92 Å². The van der Waals surface area contributed by atoms with Gasteiger partial charge < -0.3 is 4.74 Å². The Labute approximate surface area is 75.7 Å². The van der Waals surface area contributed by atoms with Gasteiger partial charge in [0.15, 0.2) is 5.78 Å². The zero-order valence-electron chi connectivity index (χ0n) is 7.43. The highest BCUT2D eigenvalue weighted by molar-refractivity contribution is 5.86. The van der Waals surface area contributed by atoms with Crippen LogP contribution >= 0.6 is 0 Å². The van der Waals surface area contributed by atoms with E-state index in [0.717, 1.165) is 12.2 Å². The minimum absolute atomic E-state index is 0.100. The standard InChI is InChI=1S/C8H11N3O2/c1-2-11-4-6(9-10-11)3-7(12)8-5-13-8/h4,8H,2-3,5H2,1H3. The van der Waals surface area contributed by atoms with E-state index in [2.05, 4.69) is 10.3 Å². The minimum Gasteiger partial charge on any atom is -0.365 e. The Balaban J connectivity index is 1.96. The summed E-state index contributed by atoms with van der Waals surface area (Å²) < 4.78 is 6.58. The Bertz CT molecular complexity index is 317. The molecule has 5 nitrogen and oxygen atoms in total. The van der Waals surface area contributed by atoms with Gasteiger partial charge in [-0.3, -0.25) is 9.48 Å². The lowest BCUT2D eigenvalue weighted by atomic mass is 10.2. The van der Waals surface area contributed by atoms with E-state index >= 15 is 0 Å². The predicted octanol–water partition coefficient (Wildman–Crippen LogP) is -0.192. The van der Waals surface area contributed by atoms with Crippen molar-refractivity contribution in [2.45, 2.75) is 26.0 Å². The molecule has 0 amide bonds. The Morgan fingerprint density at radius 2 is 2.62 bits per heavy atom. The van der Waals surface area contributed by atoms with E-state index in [1.165, 1.54) is 0 Å². The SMILES string of the molecule is CCn1cc(CC(=O)C2CO2)nn1.